The fourth-order valence-corrected chi connectivity index (χ4v) is 3.44. The van der Waals surface area contributed by atoms with Crippen LogP contribution in [0.5, 0.6) is 0 Å². The second kappa shape index (κ2) is 9.06. The van der Waals surface area contributed by atoms with Crippen LogP contribution >= 0.6 is 11.6 Å². The maximum absolute atomic E-state index is 13.6. The number of aliphatic hydroxyl groups excluding tert-OH is 1. The van der Waals surface area contributed by atoms with Crippen LogP contribution in [0, 0.1) is 12.3 Å². The number of aryl methyl sites for hydroxylation is 1. The molecular formula is C20H27ClFN3O2. The molecule has 4 N–H and O–H groups in total. The zero-order valence-electron chi connectivity index (χ0n) is 15.5. The lowest BCUT2D eigenvalue weighted by molar-refractivity contribution is -0.102. The number of anilines is 2. The molecule has 5 nitrogen and oxygen atoms in total. The van der Waals surface area contributed by atoms with Crippen molar-refractivity contribution in [3.63, 3.8) is 0 Å². The van der Waals surface area contributed by atoms with Crippen LogP contribution < -0.4 is 16.0 Å². The Morgan fingerprint density at radius 3 is 2.78 bits per heavy atom. The number of halogens is 2. The highest BCUT2D eigenvalue weighted by molar-refractivity contribution is 6.31. The molecule has 1 aliphatic carbocycles. The smallest absolute Gasteiger partial charge is 0.139 e. The summed E-state index contributed by atoms with van der Waals surface area (Å²) in [6.45, 7) is 5.83. The van der Waals surface area contributed by atoms with Gasteiger partial charge in [-0.25, -0.2) is 4.39 Å². The molecule has 27 heavy (non-hydrogen) atoms. The van der Waals surface area contributed by atoms with Crippen LogP contribution in [0.4, 0.5) is 15.8 Å². The van der Waals surface area contributed by atoms with E-state index in [9.17, 15) is 4.39 Å². The molecule has 1 atom stereocenters. The van der Waals surface area contributed by atoms with Crippen molar-refractivity contribution >= 4 is 23.0 Å². The molecule has 2 aliphatic rings. The molecule has 3 rings (SSSR count). The minimum absolute atomic E-state index is 0.0640. The number of hydrogen-bond donors (Lipinski definition) is 4. The Morgan fingerprint density at radius 2 is 2.15 bits per heavy atom. The highest BCUT2D eigenvalue weighted by atomic mass is 35.5. The van der Waals surface area contributed by atoms with Gasteiger partial charge in [0, 0.05) is 36.4 Å². The Balaban J connectivity index is 1.55. The van der Waals surface area contributed by atoms with Crippen LogP contribution in [0.3, 0.4) is 0 Å². The van der Waals surface area contributed by atoms with Crippen molar-refractivity contribution in [2.45, 2.75) is 19.4 Å². The molecule has 1 aliphatic heterocycles. The molecule has 0 spiro atoms. The molecule has 0 aromatic heterocycles. The van der Waals surface area contributed by atoms with E-state index in [1.54, 1.807) is 6.08 Å². The Labute approximate surface area is 164 Å². The summed E-state index contributed by atoms with van der Waals surface area (Å²) >= 11 is 5.77. The molecule has 1 fully saturated rings. The summed E-state index contributed by atoms with van der Waals surface area (Å²) in [6.07, 6.45) is 3.88. The summed E-state index contributed by atoms with van der Waals surface area (Å²) in [4.78, 5) is 0. The van der Waals surface area contributed by atoms with Crippen molar-refractivity contribution in [1.82, 2.24) is 5.32 Å². The maximum atomic E-state index is 13.6. The van der Waals surface area contributed by atoms with Crippen molar-refractivity contribution in [2.75, 3.05) is 50.1 Å². The molecular weight excluding hydrogens is 369 g/mol. The topological polar surface area (TPSA) is 65.5 Å². The first kappa shape index (κ1) is 20.1. The first-order valence-electron chi connectivity index (χ1n) is 9.25. The summed E-state index contributed by atoms with van der Waals surface area (Å²) in [5.41, 5.74) is 3.20. The molecule has 1 aromatic carbocycles. The molecule has 1 aromatic rings. The fourth-order valence-electron chi connectivity index (χ4n) is 3.29. The van der Waals surface area contributed by atoms with Gasteiger partial charge in [-0.05, 0) is 43.2 Å². The number of allylic oxidation sites excluding steroid dienone is 2. The van der Waals surface area contributed by atoms with E-state index in [0.29, 0.717) is 26.2 Å². The van der Waals surface area contributed by atoms with Gasteiger partial charge in [0.05, 0.1) is 30.9 Å². The van der Waals surface area contributed by atoms with Gasteiger partial charge in [0.2, 0.25) is 0 Å². The number of rotatable bonds is 9. The number of nitrogens with one attached hydrogen (secondary N) is 3. The van der Waals surface area contributed by atoms with Crippen molar-refractivity contribution < 1.29 is 14.2 Å². The van der Waals surface area contributed by atoms with Crippen molar-refractivity contribution in [3.05, 3.63) is 46.8 Å². The summed E-state index contributed by atoms with van der Waals surface area (Å²) < 4.78 is 19.0. The van der Waals surface area contributed by atoms with Gasteiger partial charge in [0.1, 0.15) is 5.83 Å². The monoisotopic (exact) mass is 395 g/mol. The van der Waals surface area contributed by atoms with Crippen molar-refractivity contribution in [3.8, 4) is 0 Å². The molecule has 148 valence electrons. The van der Waals surface area contributed by atoms with Crippen LogP contribution in [-0.4, -0.2) is 50.6 Å². The second-order valence-corrected chi connectivity index (χ2v) is 7.74. The lowest BCUT2D eigenvalue weighted by Gasteiger charge is -2.42. The van der Waals surface area contributed by atoms with E-state index < -0.39 is 0 Å². The second-order valence-electron chi connectivity index (χ2n) is 7.33. The third kappa shape index (κ3) is 5.23. The average molecular weight is 396 g/mol. The van der Waals surface area contributed by atoms with Gasteiger partial charge in [0.25, 0.3) is 0 Å². The van der Waals surface area contributed by atoms with Crippen LogP contribution in [0.1, 0.15) is 12.0 Å². The molecule has 1 saturated heterocycles. The number of benzene rings is 1. The molecule has 0 radical (unpaired) electrons. The quantitative estimate of drug-likeness (QED) is 0.484. The Hall–Kier alpha value is -1.60. The highest BCUT2D eigenvalue weighted by Crippen LogP contribution is 2.29. The molecule has 1 unspecified atom stereocenters. The average Bonchev–Trinajstić information content (AvgIpc) is 2.61. The van der Waals surface area contributed by atoms with Crippen LogP contribution in [-0.2, 0) is 4.74 Å². The largest absolute Gasteiger partial charge is 0.395 e. The number of aliphatic hydroxyl groups is 1. The molecule has 7 heteroatoms. The van der Waals surface area contributed by atoms with E-state index in [2.05, 4.69) is 28.9 Å². The minimum atomic E-state index is -0.377. The van der Waals surface area contributed by atoms with Crippen LogP contribution in [0.2, 0.25) is 0 Å². The van der Waals surface area contributed by atoms with Crippen LogP contribution in [0.25, 0.3) is 0 Å². The van der Waals surface area contributed by atoms with Crippen molar-refractivity contribution in [1.29, 1.82) is 0 Å². The van der Waals surface area contributed by atoms with E-state index in [1.165, 1.54) is 6.08 Å². The Bertz CT molecular complexity index is 719. The third-order valence-corrected chi connectivity index (χ3v) is 5.30. The standard InChI is InChI=1S/C20H27ClFN3O2/c1-14-8-15(25-16-2-4-17(21)18(22)9-16)3-5-19(14)24-11-20(12-27-13-20)10-23-6-7-26/h3-5,8-9,16,23-26H,2,6-7,10-13H2,1H3. The molecule has 0 amide bonds. The third-order valence-electron chi connectivity index (χ3n) is 4.96. The molecule has 0 bridgehead atoms. The summed E-state index contributed by atoms with van der Waals surface area (Å²) in [7, 11) is 0. The fraction of sp³-hybridized carbons (Fsp3) is 0.500. The van der Waals surface area contributed by atoms with E-state index in [4.69, 9.17) is 21.4 Å². The van der Waals surface area contributed by atoms with E-state index in [-0.39, 0.29) is 28.9 Å². The van der Waals surface area contributed by atoms with Crippen molar-refractivity contribution in [2.24, 2.45) is 5.41 Å². The van der Waals surface area contributed by atoms with Gasteiger partial charge in [-0.2, -0.15) is 0 Å². The lowest BCUT2D eigenvalue weighted by atomic mass is 9.85. The van der Waals surface area contributed by atoms with E-state index in [0.717, 1.165) is 30.0 Å². The van der Waals surface area contributed by atoms with E-state index >= 15 is 0 Å². The lowest BCUT2D eigenvalue weighted by Crippen LogP contribution is -2.54. The van der Waals surface area contributed by atoms with Gasteiger partial charge < -0.3 is 25.8 Å². The van der Waals surface area contributed by atoms with Gasteiger partial charge in [-0.15, -0.1) is 0 Å². The predicted octanol–water partition coefficient (Wildman–Crippen LogP) is 3.17. The zero-order valence-corrected chi connectivity index (χ0v) is 16.3. The maximum Gasteiger partial charge on any atom is 0.139 e. The number of hydrogen-bond acceptors (Lipinski definition) is 5. The van der Waals surface area contributed by atoms with E-state index in [1.807, 2.05) is 12.1 Å². The number of ether oxygens (including phenoxy) is 1. The summed E-state index contributed by atoms with van der Waals surface area (Å²) in [5.74, 6) is -0.377. The van der Waals surface area contributed by atoms with Gasteiger partial charge in [-0.1, -0.05) is 17.7 Å². The first-order valence-corrected chi connectivity index (χ1v) is 9.63. The molecule has 1 heterocycles. The van der Waals surface area contributed by atoms with Crippen LogP contribution in [0.15, 0.2) is 41.2 Å². The molecule has 0 saturated carbocycles. The summed E-state index contributed by atoms with van der Waals surface area (Å²) in [5, 5.41) is 19.2. The van der Waals surface area contributed by atoms with Gasteiger partial charge in [0.15, 0.2) is 0 Å². The van der Waals surface area contributed by atoms with Gasteiger partial charge >= 0.3 is 0 Å². The summed E-state index contributed by atoms with van der Waals surface area (Å²) in [6, 6.07) is 5.99. The highest BCUT2D eigenvalue weighted by Gasteiger charge is 2.38. The zero-order chi connectivity index (χ0) is 19.3. The Kier molecular flexibility index (Phi) is 6.76. The SMILES string of the molecule is Cc1cc(NC2C=C(F)C(Cl)=CC2)ccc1NCC1(CNCCO)COC1. The first-order chi connectivity index (χ1) is 13.0. The van der Waals surface area contributed by atoms with Gasteiger partial charge in [-0.3, -0.25) is 0 Å². The Morgan fingerprint density at radius 1 is 1.33 bits per heavy atom. The normalized spacial score (nSPS) is 21.1. The predicted molar refractivity (Wildman–Crippen MR) is 108 cm³/mol. The minimum Gasteiger partial charge on any atom is -0.395 e.